The molecule has 0 fully saturated rings. The summed E-state index contributed by atoms with van der Waals surface area (Å²) >= 11 is 0. The first-order valence-electron chi connectivity index (χ1n) is 9.27. The maximum absolute atomic E-state index is 12.6. The minimum Gasteiger partial charge on any atom is -0.481 e. The van der Waals surface area contributed by atoms with Crippen LogP contribution in [0.5, 0.6) is 5.75 Å². The Bertz CT molecular complexity index is 813. The second-order valence-corrected chi connectivity index (χ2v) is 6.78. The molecule has 1 N–H and O–H groups in total. The monoisotopic (exact) mass is 351 g/mol. The number of anilines is 1. The maximum atomic E-state index is 12.6. The number of benzene rings is 2. The van der Waals surface area contributed by atoms with E-state index in [0.29, 0.717) is 17.7 Å². The summed E-state index contributed by atoms with van der Waals surface area (Å²) in [6.07, 6.45) is 4.65. The average Bonchev–Trinajstić information content (AvgIpc) is 2.66. The standard InChI is InChI=1S/C22H25NO3/c1-3-21(22(25)23-19-10-6-9-17(13-19)15(2)24)26-20-12-11-16-7-4-5-8-18(16)14-20/h6,9-14,21H,3-5,7-8H2,1-2H3,(H,23,25)/t21-/m0/s1. The van der Waals surface area contributed by atoms with E-state index < -0.39 is 6.10 Å². The van der Waals surface area contributed by atoms with Crippen molar-refractivity contribution in [1.82, 2.24) is 0 Å². The van der Waals surface area contributed by atoms with Gasteiger partial charge in [0.1, 0.15) is 5.75 Å². The fraction of sp³-hybridized carbons (Fsp3) is 0.364. The van der Waals surface area contributed by atoms with Crippen molar-refractivity contribution in [2.75, 3.05) is 5.32 Å². The van der Waals surface area contributed by atoms with Crippen molar-refractivity contribution in [3.05, 3.63) is 59.2 Å². The summed E-state index contributed by atoms with van der Waals surface area (Å²) in [6.45, 7) is 3.43. The van der Waals surface area contributed by atoms with Crippen molar-refractivity contribution in [2.24, 2.45) is 0 Å². The lowest BCUT2D eigenvalue weighted by molar-refractivity contribution is -0.122. The predicted octanol–water partition coefficient (Wildman–Crippen LogP) is 4.56. The second kappa shape index (κ2) is 8.17. The van der Waals surface area contributed by atoms with Crippen LogP contribution >= 0.6 is 0 Å². The van der Waals surface area contributed by atoms with Gasteiger partial charge in [0.15, 0.2) is 11.9 Å². The Hall–Kier alpha value is -2.62. The van der Waals surface area contributed by atoms with Gasteiger partial charge in [0.25, 0.3) is 5.91 Å². The average molecular weight is 351 g/mol. The highest BCUT2D eigenvalue weighted by atomic mass is 16.5. The summed E-state index contributed by atoms with van der Waals surface area (Å²) in [6, 6.07) is 13.1. The van der Waals surface area contributed by atoms with Gasteiger partial charge in [0.05, 0.1) is 0 Å². The molecule has 1 atom stereocenters. The number of hydrogen-bond acceptors (Lipinski definition) is 3. The Labute approximate surface area is 154 Å². The summed E-state index contributed by atoms with van der Waals surface area (Å²) in [4.78, 5) is 24.1. The molecule has 0 bridgehead atoms. The number of aryl methyl sites for hydroxylation is 2. The van der Waals surface area contributed by atoms with Crippen LogP contribution in [0.1, 0.15) is 54.6 Å². The first-order valence-corrected chi connectivity index (χ1v) is 9.27. The molecule has 1 aliphatic rings. The number of nitrogens with one attached hydrogen (secondary N) is 1. The molecule has 0 saturated carbocycles. The molecule has 0 aromatic heterocycles. The van der Waals surface area contributed by atoms with E-state index in [-0.39, 0.29) is 11.7 Å². The Morgan fingerprint density at radius 3 is 2.58 bits per heavy atom. The highest BCUT2D eigenvalue weighted by Gasteiger charge is 2.20. The van der Waals surface area contributed by atoms with Gasteiger partial charge in [-0.05, 0) is 74.4 Å². The minimum absolute atomic E-state index is 0.0292. The van der Waals surface area contributed by atoms with Crippen molar-refractivity contribution >= 4 is 17.4 Å². The molecule has 1 aliphatic carbocycles. The largest absolute Gasteiger partial charge is 0.481 e. The van der Waals surface area contributed by atoms with E-state index in [1.807, 2.05) is 13.0 Å². The van der Waals surface area contributed by atoms with Crippen LogP contribution in [0, 0.1) is 0 Å². The van der Waals surface area contributed by atoms with Gasteiger partial charge in [-0.2, -0.15) is 0 Å². The second-order valence-electron chi connectivity index (χ2n) is 6.78. The van der Waals surface area contributed by atoms with Crippen LogP contribution in [0.4, 0.5) is 5.69 Å². The number of ether oxygens (including phenoxy) is 1. The van der Waals surface area contributed by atoms with Crippen molar-refractivity contribution in [2.45, 2.75) is 52.1 Å². The molecule has 4 nitrogen and oxygen atoms in total. The zero-order chi connectivity index (χ0) is 18.5. The molecule has 3 rings (SSSR count). The topological polar surface area (TPSA) is 55.4 Å². The predicted molar refractivity (Wildman–Crippen MR) is 103 cm³/mol. The summed E-state index contributed by atoms with van der Waals surface area (Å²) in [7, 11) is 0. The van der Waals surface area contributed by atoms with Gasteiger partial charge in [-0.3, -0.25) is 9.59 Å². The molecule has 0 aliphatic heterocycles. The Kier molecular flexibility index (Phi) is 5.71. The minimum atomic E-state index is -0.572. The molecule has 1 amide bonds. The first-order chi connectivity index (χ1) is 12.6. The van der Waals surface area contributed by atoms with Crippen LogP contribution in [-0.2, 0) is 17.6 Å². The first kappa shape index (κ1) is 18.2. The third-order valence-electron chi connectivity index (χ3n) is 4.80. The molecule has 2 aromatic rings. The number of ketones is 1. The van der Waals surface area contributed by atoms with Crippen molar-refractivity contribution in [3.8, 4) is 5.75 Å². The smallest absolute Gasteiger partial charge is 0.265 e. The molecule has 2 aromatic carbocycles. The Morgan fingerprint density at radius 2 is 1.85 bits per heavy atom. The Balaban J connectivity index is 1.69. The van der Waals surface area contributed by atoms with Gasteiger partial charge in [0.2, 0.25) is 0 Å². The van der Waals surface area contributed by atoms with E-state index >= 15 is 0 Å². The summed E-state index contributed by atoms with van der Waals surface area (Å²) in [5.74, 6) is 0.509. The molecular formula is C22H25NO3. The zero-order valence-corrected chi connectivity index (χ0v) is 15.4. The van der Waals surface area contributed by atoms with E-state index in [1.165, 1.54) is 30.9 Å². The number of Topliss-reactive ketones (excluding diaryl/α,β-unsaturated/α-hetero) is 1. The fourth-order valence-electron chi connectivity index (χ4n) is 3.31. The quantitative estimate of drug-likeness (QED) is 0.776. The molecule has 0 spiro atoms. The third-order valence-corrected chi connectivity index (χ3v) is 4.80. The molecule has 0 radical (unpaired) electrons. The van der Waals surface area contributed by atoms with Crippen LogP contribution in [-0.4, -0.2) is 17.8 Å². The summed E-state index contributed by atoms with van der Waals surface area (Å²) in [5, 5.41) is 2.85. The molecule has 4 heteroatoms. The van der Waals surface area contributed by atoms with Crippen molar-refractivity contribution < 1.29 is 14.3 Å². The van der Waals surface area contributed by atoms with E-state index in [9.17, 15) is 9.59 Å². The van der Waals surface area contributed by atoms with Gasteiger partial charge in [-0.15, -0.1) is 0 Å². The van der Waals surface area contributed by atoms with Crippen LogP contribution in [0.3, 0.4) is 0 Å². The molecule has 0 saturated heterocycles. The normalized spacial score (nSPS) is 14.2. The van der Waals surface area contributed by atoms with E-state index in [4.69, 9.17) is 4.74 Å². The highest BCUT2D eigenvalue weighted by Crippen LogP contribution is 2.26. The van der Waals surface area contributed by atoms with E-state index in [1.54, 1.807) is 24.3 Å². The lowest BCUT2D eigenvalue weighted by Gasteiger charge is -2.20. The van der Waals surface area contributed by atoms with Gasteiger partial charge < -0.3 is 10.1 Å². The number of hydrogen-bond donors (Lipinski definition) is 1. The summed E-state index contributed by atoms with van der Waals surface area (Å²) in [5.41, 5.74) is 3.90. The van der Waals surface area contributed by atoms with Crippen molar-refractivity contribution in [3.63, 3.8) is 0 Å². The SMILES string of the molecule is CC[C@H](Oc1ccc2c(c1)CCCC2)C(=O)Nc1cccc(C(C)=O)c1. The lowest BCUT2D eigenvalue weighted by atomic mass is 9.92. The highest BCUT2D eigenvalue weighted by molar-refractivity contribution is 5.98. The van der Waals surface area contributed by atoms with Crippen LogP contribution in [0.2, 0.25) is 0 Å². The van der Waals surface area contributed by atoms with Gasteiger partial charge in [-0.25, -0.2) is 0 Å². The number of carbonyl (C=O) groups is 2. The summed E-state index contributed by atoms with van der Waals surface area (Å²) < 4.78 is 5.96. The van der Waals surface area contributed by atoms with Crippen LogP contribution < -0.4 is 10.1 Å². The number of amides is 1. The molecular weight excluding hydrogens is 326 g/mol. The maximum Gasteiger partial charge on any atom is 0.265 e. The van der Waals surface area contributed by atoms with Crippen molar-refractivity contribution in [1.29, 1.82) is 0 Å². The zero-order valence-electron chi connectivity index (χ0n) is 15.4. The number of carbonyl (C=O) groups excluding carboxylic acids is 2. The number of rotatable bonds is 6. The molecule has 0 heterocycles. The van der Waals surface area contributed by atoms with E-state index in [0.717, 1.165) is 18.6 Å². The third kappa shape index (κ3) is 4.31. The lowest BCUT2D eigenvalue weighted by Crippen LogP contribution is -2.32. The number of fused-ring (bicyclic) bond motifs is 1. The van der Waals surface area contributed by atoms with Gasteiger partial charge in [-0.1, -0.05) is 25.1 Å². The van der Waals surface area contributed by atoms with Gasteiger partial charge >= 0.3 is 0 Å². The van der Waals surface area contributed by atoms with Gasteiger partial charge in [0, 0.05) is 11.3 Å². The molecule has 26 heavy (non-hydrogen) atoms. The van der Waals surface area contributed by atoms with E-state index in [2.05, 4.69) is 17.4 Å². The Morgan fingerprint density at radius 1 is 1.08 bits per heavy atom. The molecule has 136 valence electrons. The van der Waals surface area contributed by atoms with Crippen LogP contribution in [0.15, 0.2) is 42.5 Å². The molecule has 0 unspecified atom stereocenters. The van der Waals surface area contributed by atoms with Crippen LogP contribution in [0.25, 0.3) is 0 Å². The fourth-order valence-corrected chi connectivity index (χ4v) is 3.31.